The number of benzene rings is 2. The van der Waals surface area contributed by atoms with Crippen LogP contribution < -0.4 is 5.43 Å². The maximum Gasteiger partial charge on any atom is 0.359 e. The van der Waals surface area contributed by atoms with Crippen molar-refractivity contribution in [3.05, 3.63) is 71.8 Å². The molecule has 0 saturated heterocycles. The van der Waals surface area contributed by atoms with E-state index in [1.165, 1.54) is 0 Å². The van der Waals surface area contributed by atoms with E-state index in [-0.39, 0.29) is 12.3 Å². The van der Waals surface area contributed by atoms with E-state index < -0.39 is 5.97 Å². The van der Waals surface area contributed by atoms with Gasteiger partial charge in [-0.05, 0) is 23.3 Å². The van der Waals surface area contributed by atoms with Gasteiger partial charge in [-0.1, -0.05) is 54.6 Å². The lowest BCUT2D eigenvalue weighted by Crippen LogP contribution is -2.16. The molecule has 4 heteroatoms. The molecule has 0 aromatic heterocycles. The summed E-state index contributed by atoms with van der Waals surface area (Å²) in [5.41, 5.74) is 5.92. The van der Waals surface area contributed by atoms with E-state index in [0.717, 1.165) is 16.8 Å². The number of rotatable bonds is 3. The minimum atomic E-state index is -0.449. The highest BCUT2D eigenvalue weighted by Gasteiger charge is 2.13. The first kappa shape index (κ1) is 13.1. The molecule has 1 N–H and O–H groups in total. The largest absolute Gasteiger partial charge is 0.456 e. The van der Waals surface area contributed by atoms with Gasteiger partial charge in [-0.2, -0.15) is 5.10 Å². The normalized spacial score (nSPS) is 12.7. The maximum absolute atomic E-state index is 12.0. The van der Waals surface area contributed by atoms with Crippen LogP contribution in [0.5, 0.6) is 0 Å². The van der Waals surface area contributed by atoms with Crippen molar-refractivity contribution in [1.82, 2.24) is 0 Å². The molecule has 1 heterocycles. The van der Waals surface area contributed by atoms with Crippen molar-refractivity contribution >= 4 is 23.4 Å². The molecule has 0 spiro atoms. The third-order valence-corrected chi connectivity index (χ3v) is 3.10. The molecule has 1 aliphatic rings. The highest BCUT2D eigenvalue weighted by Crippen LogP contribution is 2.19. The van der Waals surface area contributed by atoms with Gasteiger partial charge in [-0.15, -0.1) is 0 Å². The smallest absolute Gasteiger partial charge is 0.359 e. The van der Waals surface area contributed by atoms with Gasteiger partial charge in [0.05, 0.1) is 5.69 Å². The Labute approximate surface area is 122 Å². The molecule has 0 amide bonds. The number of fused-ring (bicyclic) bond motifs is 1. The fraction of sp³-hybridized carbons (Fsp3) is 0.0588. The number of ether oxygens (including phenoxy) is 1. The molecule has 4 nitrogen and oxygen atoms in total. The van der Waals surface area contributed by atoms with Crippen molar-refractivity contribution in [3.63, 3.8) is 0 Å². The molecule has 1 aliphatic heterocycles. The third-order valence-electron chi connectivity index (χ3n) is 3.10. The van der Waals surface area contributed by atoms with E-state index >= 15 is 0 Å². The summed E-state index contributed by atoms with van der Waals surface area (Å²) in [6.45, 7) is 0.236. The molecule has 0 saturated carbocycles. The van der Waals surface area contributed by atoms with Crippen molar-refractivity contribution in [3.8, 4) is 0 Å². The zero-order valence-electron chi connectivity index (χ0n) is 11.3. The monoisotopic (exact) mass is 278 g/mol. The SMILES string of the molecule is O=C(OCc1ccccc1)C1=NNc2ccccc2C=C1. The summed E-state index contributed by atoms with van der Waals surface area (Å²) in [6.07, 6.45) is 3.50. The van der Waals surface area contributed by atoms with E-state index in [1.54, 1.807) is 6.08 Å². The van der Waals surface area contributed by atoms with Crippen molar-refractivity contribution in [2.24, 2.45) is 5.10 Å². The van der Waals surface area contributed by atoms with Crippen LogP contribution in [-0.2, 0) is 16.1 Å². The van der Waals surface area contributed by atoms with E-state index in [0.29, 0.717) is 0 Å². The second kappa shape index (κ2) is 6.05. The third kappa shape index (κ3) is 3.17. The summed E-state index contributed by atoms with van der Waals surface area (Å²) in [6, 6.07) is 17.3. The summed E-state index contributed by atoms with van der Waals surface area (Å²) >= 11 is 0. The first-order valence-corrected chi connectivity index (χ1v) is 6.65. The molecule has 2 aromatic rings. The summed E-state index contributed by atoms with van der Waals surface area (Å²) in [4.78, 5) is 12.0. The number of esters is 1. The van der Waals surface area contributed by atoms with E-state index in [9.17, 15) is 4.79 Å². The number of hydrazone groups is 1. The Balaban J connectivity index is 1.68. The van der Waals surface area contributed by atoms with Gasteiger partial charge in [0.25, 0.3) is 0 Å². The average molecular weight is 278 g/mol. The second-order valence-corrected chi connectivity index (χ2v) is 4.59. The van der Waals surface area contributed by atoms with Crippen molar-refractivity contribution in [2.45, 2.75) is 6.61 Å². The molecule has 0 atom stereocenters. The minimum Gasteiger partial charge on any atom is -0.456 e. The highest BCUT2D eigenvalue weighted by atomic mass is 16.5. The fourth-order valence-electron chi connectivity index (χ4n) is 1.98. The standard InChI is InChI=1S/C17H14N2O2/c20-17(21-12-13-6-2-1-3-7-13)16-11-10-14-8-4-5-9-15(14)18-19-16/h1-11,18H,12H2. The first-order valence-electron chi connectivity index (χ1n) is 6.65. The van der Waals surface area contributed by atoms with E-state index in [1.807, 2.05) is 60.7 Å². The Bertz CT molecular complexity index is 706. The van der Waals surface area contributed by atoms with Crippen LogP contribution in [0.15, 0.2) is 65.8 Å². The van der Waals surface area contributed by atoms with Crippen LogP contribution in [0.3, 0.4) is 0 Å². The highest BCUT2D eigenvalue weighted by molar-refractivity contribution is 6.42. The molecule has 2 aromatic carbocycles. The molecule has 21 heavy (non-hydrogen) atoms. The van der Waals surface area contributed by atoms with Gasteiger partial charge in [-0.3, -0.25) is 5.43 Å². The lowest BCUT2D eigenvalue weighted by atomic mass is 10.1. The maximum atomic E-state index is 12.0. The molecule has 0 fully saturated rings. The van der Waals surface area contributed by atoms with Crippen LogP contribution in [0.2, 0.25) is 0 Å². The molecular formula is C17H14N2O2. The van der Waals surface area contributed by atoms with Gasteiger partial charge in [-0.25, -0.2) is 4.79 Å². The van der Waals surface area contributed by atoms with Crippen molar-refractivity contribution < 1.29 is 9.53 Å². The number of carbonyl (C=O) groups is 1. The Kier molecular flexibility index (Phi) is 3.78. The van der Waals surface area contributed by atoms with Crippen LogP contribution in [0.25, 0.3) is 6.08 Å². The van der Waals surface area contributed by atoms with Gasteiger partial charge in [0, 0.05) is 0 Å². The zero-order chi connectivity index (χ0) is 14.5. The number of hydrogen-bond acceptors (Lipinski definition) is 4. The molecule has 0 bridgehead atoms. The first-order chi connectivity index (χ1) is 10.3. The number of nitrogens with one attached hydrogen (secondary N) is 1. The lowest BCUT2D eigenvalue weighted by Gasteiger charge is -2.05. The van der Waals surface area contributed by atoms with E-state index in [2.05, 4.69) is 10.5 Å². The Morgan fingerprint density at radius 2 is 1.76 bits per heavy atom. The Morgan fingerprint density at radius 1 is 1.00 bits per heavy atom. The quantitative estimate of drug-likeness (QED) is 0.877. The second-order valence-electron chi connectivity index (χ2n) is 4.59. The zero-order valence-corrected chi connectivity index (χ0v) is 11.3. The number of nitrogens with zero attached hydrogens (tertiary/aromatic N) is 1. The molecular weight excluding hydrogens is 264 g/mol. The van der Waals surface area contributed by atoms with Crippen LogP contribution in [-0.4, -0.2) is 11.7 Å². The van der Waals surface area contributed by atoms with Crippen molar-refractivity contribution in [1.29, 1.82) is 0 Å². The summed E-state index contributed by atoms with van der Waals surface area (Å²) in [7, 11) is 0. The van der Waals surface area contributed by atoms with Gasteiger partial charge < -0.3 is 4.74 Å². The van der Waals surface area contributed by atoms with Gasteiger partial charge in [0.1, 0.15) is 6.61 Å². The van der Waals surface area contributed by atoms with Gasteiger partial charge in [0.2, 0.25) is 0 Å². The van der Waals surface area contributed by atoms with Gasteiger partial charge in [0.15, 0.2) is 5.71 Å². The van der Waals surface area contributed by atoms with E-state index in [4.69, 9.17) is 4.74 Å². The molecule has 0 aliphatic carbocycles. The van der Waals surface area contributed by atoms with Gasteiger partial charge >= 0.3 is 5.97 Å². The average Bonchev–Trinajstić information content (AvgIpc) is 2.76. The predicted molar refractivity (Wildman–Crippen MR) is 82.8 cm³/mol. The number of anilines is 1. The van der Waals surface area contributed by atoms with Crippen LogP contribution >= 0.6 is 0 Å². The Hall–Kier alpha value is -2.88. The number of hydrogen-bond donors (Lipinski definition) is 1. The summed E-state index contributed by atoms with van der Waals surface area (Å²) in [5, 5.41) is 4.08. The minimum absolute atomic E-state index is 0.236. The summed E-state index contributed by atoms with van der Waals surface area (Å²) in [5.74, 6) is -0.449. The molecule has 104 valence electrons. The molecule has 3 rings (SSSR count). The predicted octanol–water partition coefficient (Wildman–Crippen LogP) is 3.22. The summed E-state index contributed by atoms with van der Waals surface area (Å²) < 4.78 is 5.26. The lowest BCUT2D eigenvalue weighted by molar-refractivity contribution is -0.136. The molecule has 0 radical (unpaired) electrons. The van der Waals surface area contributed by atoms with Crippen LogP contribution in [0.4, 0.5) is 5.69 Å². The molecule has 0 unspecified atom stereocenters. The number of carbonyl (C=O) groups excluding carboxylic acids is 1. The number of para-hydroxylation sites is 1. The topological polar surface area (TPSA) is 50.7 Å². The van der Waals surface area contributed by atoms with Crippen LogP contribution in [0, 0.1) is 0 Å². The Morgan fingerprint density at radius 3 is 2.62 bits per heavy atom. The van der Waals surface area contributed by atoms with Crippen LogP contribution in [0.1, 0.15) is 11.1 Å². The fourth-order valence-corrected chi connectivity index (χ4v) is 1.98. The van der Waals surface area contributed by atoms with Crippen molar-refractivity contribution in [2.75, 3.05) is 5.43 Å².